The zero-order valence-corrected chi connectivity index (χ0v) is 13.8. The van der Waals surface area contributed by atoms with Crippen molar-refractivity contribution < 1.29 is 23.0 Å². The van der Waals surface area contributed by atoms with Gasteiger partial charge in [-0.25, -0.2) is 8.78 Å². The highest BCUT2D eigenvalue weighted by molar-refractivity contribution is 5.77. The van der Waals surface area contributed by atoms with Gasteiger partial charge in [-0.1, -0.05) is 12.1 Å². The molecule has 24 heavy (non-hydrogen) atoms. The highest BCUT2D eigenvalue weighted by Gasteiger charge is 2.14. The lowest BCUT2D eigenvalue weighted by Gasteiger charge is -2.18. The van der Waals surface area contributed by atoms with Crippen LogP contribution in [0.2, 0.25) is 0 Å². The maximum Gasteiger partial charge on any atom is 0.260 e. The summed E-state index contributed by atoms with van der Waals surface area (Å²) in [5.41, 5.74) is 1.24. The van der Waals surface area contributed by atoms with Crippen LogP contribution in [0.25, 0.3) is 0 Å². The second-order valence-electron chi connectivity index (χ2n) is 5.43. The van der Waals surface area contributed by atoms with Gasteiger partial charge in [0.2, 0.25) is 0 Å². The fraction of sp³-hybridized carbons (Fsp3) is 0.278. The molecule has 0 aliphatic heterocycles. The highest BCUT2D eigenvalue weighted by atomic mass is 19.1. The Bertz CT molecular complexity index is 734. The third-order valence-electron chi connectivity index (χ3n) is 3.52. The van der Waals surface area contributed by atoms with Crippen LogP contribution in [0.5, 0.6) is 11.5 Å². The molecule has 0 aromatic heterocycles. The summed E-state index contributed by atoms with van der Waals surface area (Å²) in [7, 11) is 3.05. The molecule has 0 saturated heterocycles. The molecule has 6 heteroatoms. The topological polar surface area (TPSA) is 38.8 Å². The first-order chi connectivity index (χ1) is 11.4. The number of likely N-dealkylation sites (N-methyl/N-ethyl adjacent to an activating group) is 1. The van der Waals surface area contributed by atoms with E-state index in [0.29, 0.717) is 11.5 Å². The second-order valence-corrected chi connectivity index (χ2v) is 5.43. The van der Waals surface area contributed by atoms with Crippen LogP contribution in [0, 0.1) is 18.6 Å². The molecule has 4 nitrogen and oxygen atoms in total. The van der Waals surface area contributed by atoms with E-state index in [1.807, 2.05) is 13.0 Å². The Morgan fingerprint density at radius 1 is 1.12 bits per heavy atom. The van der Waals surface area contributed by atoms with Gasteiger partial charge in [0.1, 0.15) is 11.6 Å². The predicted octanol–water partition coefficient (Wildman–Crippen LogP) is 3.32. The fourth-order valence-corrected chi connectivity index (χ4v) is 2.14. The Kier molecular flexibility index (Phi) is 5.73. The summed E-state index contributed by atoms with van der Waals surface area (Å²) in [6.07, 6.45) is 0. The lowest BCUT2D eigenvalue weighted by atomic mass is 10.2. The maximum absolute atomic E-state index is 13.6. The molecule has 0 bridgehead atoms. The number of halogens is 2. The van der Waals surface area contributed by atoms with Crippen LogP contribution >= 0.6 is 0 Å². The highest BCUT2D eigenvalue weighted by Crippen LogP contribution is 2.27. The average molecular weight is 335 g/mol. The van der Waals surface area contributed by atoms with E-state index < -0.39 is 11.6 Å². The monoisotopic (exact) mass is 335 g/mol. The van der Waals surface area contributed by atoms with Gasteiger partial charge in [-0.05, 0) is 30.7 Å². The minimum absolute atomic E-state index is 0.0271. The molecule has 0 aliphatic carbocycles. The molecule has 2 aromatic rings. The van der Waals surface area contributed by atoms with Crippen LogP contribution in [-0.4, -0.2) is 31.6 Å². The molecule has 2 aromatic carbocycles. The van der Waals surface area contributed by atoms with E-state index in [2.05, 4.69) is 0 Å². The number of amides is 1. The van der Waals surface area contributed by atoms with Crippen molar-refractivity contribution in [2.24, 2.45) is 0 Å². The molecule has 0 fully saturated rings. The molecule has 0 atom stereocenters. The molecule has 0 spiro atoms. The lowest BCUT2D eigenvalue weighted by molar-refractivity contribution is -0.132. The minimum atomic E-state index is -0.684. The summed E-state index contributed by atoms with van der Waals surface area (Å²) in [5.74, 6) is -0.676. The average Bonchev–Trinajstić information content (AvgIpc) is 2.55. The van der Waals surface area contributed by atoms with Crippen molar-refractivity contribution in [2.75, 3.05) is 20.8 Å². The van der Waals surface area contributed by atoms with Crippen molar-refractivity contribution in [3.8, 4) is 11.5 Å². The van der Waals surface area contributed by atoms with Crippen LogP contribution in [0.4, 0.5) is 8.78 Å². The third kappa shape index (κ3) is 4.44. The van der Waals surface area contributed by atoms with Gasteiger partial charge in [0.15, 0.2) is 18.1 Å². The van der Waals surface area contributed by atoms with E-state index in [0.717, 1.165) is 17.7 Å². The molecule has 2 rings (SSSR count). The molecular weight excluding hydrogens is 316 g/mol. The number of ether oxygens (including phenoxy) is 2. The van der Waals surface area contributed by atoms with E-state index in [9.17, 15) is 13.6 Å². The number of hydrogen-bond donors (Lipinski definition) is 0. The first-order valence-corrected chi connectivity index (χ1v) is 7.36. The Labute approximate surface area is 139 Å². The van der Waals surface area contributed by atoms with Crippen LogP contribution < -0.4 is 9.47 Å². The van der Waals surface area contributed by atoms with Gasteiger partial charge in [0.25, 0.3) is 5.91 Å². The van der Waals surface area contributed by atoms with E-state index >= 15 is 0 Å². The summed E-state index contributed by atoms with van der Waals surface area (Å²) in [6.45, 7) is 1.74. The Hall–Kier alpha value is -2.63. The SMILES string of the molecule is COc1cc(C)ccc1OCC(=O)N(C)Cc1ccc(F)cc1F. The quantitative estimate of drug-likeness (QED) is 0.813. The molecule has 128 valence electrons. The number of hydrogen-bond acceptors (Lipinski definition) is 3. The van der Waals surface area contributed by atoms with Crippen molar-refractivity contribution in [3.63, 3.8) is 0 Å². The van der Waals surface area contributed by atoms with Crippen molar-refractivity contribution >= 4 is 5.91 Å². The molecule has 0 unspecified atom stereocenters. The van der Waals surface area contributed by atoms with Crippen molar-refractivity contribution in [2.45, 2.75) is 13.5 Å². The summed E-state index contributed by atoms with van der Waals surface area (Å²) in [4.78, 5) is 13.4. The standard InChI is InChI=1S/C18H19F2NO3/c1-12-4-7-16(17(8-12)23-3)24-11-18(22)21(2)10-13-5-6-14(19)9-15(13)20/h4-9H,10-11H2,1-3H3. The number of carbonyl (C=O) groups is 1. The zero-order valence-electron chi connectivity index (χ0n) is 13.8. The van der Waals surface area contributed by atoms with Gasteiger partial charge >= 0.3 is 0 Å². The second kappa shape index (κ2) is 7.77. The molecule has 0 radical (unpaired) electrons. The number of aryl methyl sites for hydroxylation is 1. The van der Waals surface area contributed by atoms with Crippen molar-refractivity contribution in [1.29, 1.82) is 0 Å². The predicted molar refractivity (Wildman–Crippen MR) is 86.1 cm³/mol. The normalized spacial score (nSPS) is 10.4. The Balaban J connectivity index is 1.97. The minimum Gasteiger partial charge on any atom is -0.493 e. The summed E-state index contributed by atoms with van der Waals surface area (Å²) < 4.78 is 37.2. The largest absolute Gasteiger partial charge is 0.493 e. The Morgan fingerprint density at radius 2 is 1.88 bits per heavy atom. The van der Waals surface area contributed by atoms with Crippen LogP contribution in [0.3, 0.4) is 0 Å². The first-order valence-electron chi connectivity index (χ1n) is 7.36. The Morgan fingerprint density at radius 3 is 2.54 bits per heavy atom. The van der Waals surface area contributed by atoms with Crippen LogP contribution in [-0.2, 0) is 11.3 Å². The van der Waals surface area contributed by atoms with Gasteiger partial charge in [0, 0.05) is 25.2 Å². The number of carbonyl (C=O) groups excluding carboxylic acids is 1. The van der Waals surface area contributed by atoms with Crippen molar-refractivity contribution in [1.82, 2.24) is 4.90 Å². The molecule has 1 amide bonds. The van der Waals surface area contributed by atoms with Gasteiger partial charge in [-0.15, -0.1) is 0 Å². The van der Waals surface area contributed by atoms with E-state index in [-0.39, 0.29) is 24.6 Å². The molecular formula is C18H19F2NO3. The molecule has 0 aliphatic rings. The summed E-state index contributed by atoms with van der Waals surface area (Å²) in [6, 6.07) is 8.64. The first kappa shape index (κ1) is 17.7. The summed E-state index contributed by atoms with van der Waals surface area (Å²) in [5, 5.41) is 0. The van der Waals surface area contributed by atoms with Gasteiger partial charge < -0.3 is 14.4 Å². The molecule has 0 heterocycles. The zero-order chi connectivity index (χ0) is 17.7. The van der Waals surface area contributed by atoms with Crippen LogP contribution in [0.15, 0.2) is 36.4 Å². The van der Waals surface area contributed by atoms with Gasteiger partial charge in [-0.3, -0.25) is 4.79 Å². The number of methoxy groups -OCH3 is 1. The van der Waals surface area contributed by atoms with Gasteiger partial charge in [0.05, 0.1) is 7.11 Å². The molecule has 0 N–H and O–H groups in total. The lowest BCUT2D eigenvalue weighted by Crippen LogP contribution is -2.31. The smallest absolute Gasteiger partial charge is 0.260 e. The fourth-order valence-electron chi connectivity index (χ4n) is 2.14. The van der Waals surface area contributed by atoms with E-state index in [4.69, 9.17) is 9.47 Å². The van der Waals surface area contributed by atoms with Crippen molar-refractivity contribution in [3.05, 3.63) is 59.2 Å². The van der Waals surface area contributed by atoms with Crippen LogP contribution in [0.1, 0.15) is 11.1 Å². The van der Waals surface area contributed by atoms with E-state index in [1.165, 1.54) is 25.1 Å². The van der Waals surface area contributed by atoms with E-state index in [1.54, 1.807) is 12.1 Å². The summed E-state index contributed by atoms with van der Waals surface area (Å²) >= 11 is 0. The third-order valence-corrected chi connectivity index (χ3v) is 3.52. The number of nitrogens with zero attached hydrogens (tertiary/aromatic N) is 1. The van der Waals surface area contributed by atoms with Gasteiger partial charge in [-0.2, -0.15) is 0 Å². The number of benzene rings is 2. The molecule has 0 saturated carbocycles. The maximum atomic E-state index is 13.6. The number of rotatable bonds is 6.